The second-order valence-corrected chi connectivity index (χ2v) is 5.29. The summed E-state index contributed by atoms with van der Waals surface area (Å²) in [4.78, 5) is 36.1. The summed E-state index contributed by atoms with van der Waals surface area (Å²) in [7, 11) is 0. The van der Waals surface area contributed by atoms with Crippen molar-refractivity contribution in [2.75, 3.05) is 0 Å². The second-order valence-electron chi connectivity index (χ2n) is 5.29. The highest BCUT2D eigenvalue weighted by atomic mass is 16.4. The Balaban J connectivity index is 2.38. The number of carboxylic acid groups (broad SMARTS) is 1. The van der Waals surface area contributed by atoms with E-state index in [2.05, 4.69) is 0 Å². The molecule has 0 aromatic heterocycles. The molecule has 2 aliphatic rings. The first-order valence-electron chi connectivity index (χ1n) is 5.42. The van der Waals surface area contributed by atoms with Crippen LogP contribution in [0.15, 0.2) is 0 Å². The van der Waals surface area contributed by atoms with Crippen molar-refractivity contribution in [3.8, 4) is 0 Å². The molecule has 0 radical (unpaired) electrons. The van der Waals surface area contributed by atoms with Gasteiger partial charge in [0.25, 0.3) is 0 Å². The lowest BCUT2D eigenvalue weighted by Gasteiger charge is -2.44. The van der Waals surface area contributed by atoms with Gasteiger partial charge in [-0.3, -0.25) is 14.5 Å². The molecule has 1 saturated heterocycles. The quantitative estimate of drug-likeness (QED) is 0.705. The van der Waals surface area contributed by atoms with E-state index in [-0.39, 0.29) is 18.2 Å². The molecule has 0 aromatic carbocycles. The molecule has 1 aliphatic heterocycles. The molecule has 1 heterocycles. The van der Waals surface area contributed by atoms with Crippen LogP contribution in [0.5, 0.6) is 0 Å². The summed E-state index contributed by atoms with van der Waals surface area (Å²) in [5.74, 6) is -1.75. The Morgan fingerprint density at radius 1 is 1.31 bits per heavy atom. The fourth-order valence-electron chi connectivity index (χ4n) is 2.43. The first-order chi connectivity index (χ1) is 7.31. The molecule has 0 atom stereocenters. The molecule has 2 amide bonds. The van der Waals surface area contributed by atoms with Crippen LogP contribution in [0.25, 0.3) is 0 Å². The lowest BCUT2D eigenvalue weighted by molar-refractivity contribution is -0.170. The van der Waals surface area contributed by atoms with E-state index in [0.717, 1.165) is 11.3 Å². The Hall–Kier alpha value is -1.39. The molecule has 5 heteroatoms. The Morgan fingerprint density at radius 2 is 1.88 bits per heavy atom. The SMILES string of the molecule is CC1(C)CC(=O)N(C2(C(=O)O)CCC2)C1=O. The molecular weight excluding hydrogens is 210 g/mol. The van der Waals surface area contributed by atoms with Crippen LogP contribution in [-0.2, 0) is 14.4 Å². The second kappa shape index (κ2) is 3.06. The van der Waals surface area contributed by atoms with Crippen LogP contribution in [0.1, 0.15) is 39.5 Å². The van der Waals surface area contributed by atoms with Gasteiger partial charge in [-0.2, -0.15) is 0 Å². The van der Waals surface area contributed by atoms with E-state index in [1.165, 1.54) is 0 Å². The summed E-state index contributed by atoms with van der Waals surface area (Å²) in [5.41, 5.74) is -2.00. The minimum absolute atomic E-state index is 0.112. The standard InChI is InChI=1S/C11H15NO4/c1-10(2)6-7(13)12(8(10)14)11(9(15)16)4-3-5-11/h3-6H2,1-2H3,(H,15,16). The van der Waals surface area contributed by atoms with Crippen molar-refractivity contribution in [1.82, 2.24) is 4.90 Å². The summed E-state index contributed by atoms with van der Waals surface area (Å²) < 4.78 is 0. The lowest BCUT2D eigenvalue weighted by Crippen LogP contribution is -2.61. The van der Waals surface area contributed by atoms with Crippen molar-refractivity contribution in [2.24, 2.45) is 5.41 Å². The van der Waals surface area contributed by atoms with Gasteiger partial charge in [0.05, 0.1) is 5.41 Å². The van der Waals surface area contributed by atoms with E-state index < -0.39 is 16.9 Å². The molecule has 1 aliphatic carbocycles. The average Bonchev–Trinajstić information content (AvgIpc) is 2.24. The predicted octanol–water partition coefficient (Wildman–Crippen LogP) is 0.779. The van der Waals surface area contributed by atoms with Crippen LogP contribution in [0.2, 0.25) is 0 Å². The molecular formula is C11H15NO4. The molecule has 0 spiro atoms. The summed E-state index contributed by atoms with van der Waals surface area (Å²) >= 11 is 0. The number of hydrogen-bond donors (Lipinski definition) is 1. The van der Waals surface area contributed by atoms with Gasteiger partial charge in [-0.1, -0.05) is 13.8 Å². The van der Waals surface area contributed by atoms with Crippen LogP contribution in [0.4, 0.5) is 0 Å². The molecule has 0 bridgehead atoms. The Labute approximate surface area is 93.4 Å². The normalized spacial score (nSPS) is 26.8. The molecule has 16 heavy (non-hydrogen) atoms. The molecule has 1 N–H and O–H groups in total. The van der Waals surface area contributed by atoms with Crippen molar-refractivity contribution >= 4 is 17.8 Å². The monoisotopic (exact) mass is 225 g/mol. The summed E-state index contributed by atoms with van der Waals surface area (Å²) in [6, 6.07) is 0. The molecule has 88 valence electrons. The molecule has 0 aromatic rings. The zero-order valence-corrected chi connectivity index (χ0v) is 9.45. The van der Waals surface area contributed by atoms with Gasteiger partial charge >= 0.3 is 5.97 Å². The number of carbonyl (C=O) groups is 3. The van der Waals surface area contributed by atoms with Crippen LogP contribution in [0, 0.1) is 5.41 Å². The van der Waals surface area contributed by atoms with Gasteiger partial charge < -0.3 is 5.11 Å². The molecule has 2 fully saturated rings. The van der Waals surface area contributed by atoms with E-state index in [1.807, 2.05) is 0 Å². The number of carbonyl (C=O) groups excluding carboxylic acids is 2. The smallest absolute Gasteiger partial charge is 0.330 e. The molecule has 2 rings (SSSR count). The first kappa shape index (κ1) is 11.1. The fraction of sp³-hybridized carbons (Fsp3) is 0.727. The number of nitrogens with zero attached hydrogens (tertiary/aromatic N) is 1. The number of imide groups is 1. The molecule has 0 unspecified atom stereocenters. The molecule has 1 saturated carbocycles. The third kappa shape index (κ3) is 1.20. The van der Waals surface area contributed by atoms with Gasteiger partial charge in [0.2, 0.25) is 11.8 Å². The van der Waals surface area contributed by atoms with E-state index in [4.69, 9.17) is 0 Å². The number of likely N-dealkylation sites (tertiary alicyclic amines) is 1. The van der Waals surface area contributed by atoms with Crippen LogP contribution < -0.4 is 0 Å². The Bertz CT molecular complexity index is 381. The third-order valence-electron chi connectivity index (χ3n) is 3.63. The number of hydrogen-bond acceptors (Lipinski definition) is 3. The van der Waals surface area contributed by atoms with Crippen LogP contribution >= 0.6 is 0 Å². The zero-order chi connectivity index (χ0) is 12.1. The maximum Gasteiger partial charge on any atom is 0.330 e. The first-order valence-corrected chi connectivity index (χ1v) is 5.42. The Morgan fingerprint density at radius 3 is 2.12 bits per heavy atom. The summed E-state index contributed by atoms with van der Waals surface area (Å²) in [6.07, 6.45) is 1.64. The highest BCUT2D eigenvalue weighted by Crippen LogP contribution is 2.44. The van der Waals surface area contributed by atoms with E-state index in [9.17, 15) is 19.5 Å². The predicted molar refractivity (Wildman–Crippen MR) is 54.5 cm³/mol. The van der Waals surface area contributed by atoms with Crippen molar-refractivity contribution in [2.45, 2.75) is 45.1 Å². The van der Waals surface area contributed by atoms with E-state index in [0.29, 0.717) is 12.8 Å². The van der Waals surface area contributed by atoms with Gasteiger partial charge in [0.15, 0.2) is 0 Å². The van der Waals surface area contributed by atoms with E-state index >= 15 is 0 Å². The minimum Gasteiger partial charge on any atom is -0.479 e. The van der Waals surface area contributed by atoms with Crippen LogP contribution in [0.3, 0.4) is 0 Å². The summed E-state index contributed by atoms with van der Waals surface area (Å²) in [6.45, 7) is 3.36. The largest absolute Gasteiger partial charge is 0.479 e. The number of amides is 2. The van der Waals surface area contributed by atoms with Gasteiger partial charge in [-0.25, -0.2) is 4.79 Å². The maximum atomic E-state index is 12.0. The number of aliphatic carboxylic acids is 1. The minimum atomic E-state index is -1.25. The van der Waals surface area contributed by atoms with E-state index in [1.54, 1.807) is 13.8 Å². The van der Waals surface area contributed by atoms with Crippen molar-refractivity contribution < 1.29 is 19.5 Å². The molecule has 5 nitrogen and oxygen atoms in total. The zero-order valence-electron chi connectivity index (χ0n) is 9.45. The Kier molecular flexibility index (Phi) is 2.12. The fourth-order valence-corrected chi connectivity index (χ4v) is 2.43. The highest BCUT2D eigenvalue weighted by molar-refractivity contribution is 6.09. The topological polar surface area (TPSA) is 74.7 Å². The maximum absolute atomic E-state index is 12.0. The van der Waals surface area contributed by atoms with Gasteiger partial charge in [-0.15, -0.1) is 0 Å². The third-order valence-corrected chi connectivity index (χ3v) is 3.63. The summed E-state index contributed by atoms with van der Waals surface area (Å²) in [5, 5.41) is 9.20. The van der Waals surface area contributed by atoms with Crippen molar-refractivity contribution in [1.29, 1.82) is 0 Å². The van der Waals surface area contributed by atoms with Crippen molar-refractivity contribution in [3.05, 3.63) is 0 Å². The lowest BCUT2D eigenvalue weighted by atomic mass is 9.75. The van der Waals surface area contributed by atoms with Gasteiger partial charge in [0, 0.05) is 6.42 Å². The van der Waals surface area contributed by atoms with Gasteiger partial charge in [-0.05, 0) is 19.3 Å². The van der Waals surface area contributed by atoms with Crippen molar-refractivity contribution in [3.63, 3.8) is 0 Å². The average molecular weight is 225 g/mol. The van der Waals surface area contributed by atoms with Crippen LogP contribution in [-0.4, -0.2) is 33.3 Å². The van der Waals surface area contributed by atoms with Gasteiger partial charge in [0.1, 0.15) is 5.54 Å². The number of rotatable bonds is 2. The highest BCUT2D eigenvalue weighted by Gasteiger charge is 2.59. The number of carboxylic acids is 1.